The van der Waals surface area contributed by atoms with Gasteiger partial charge in [0.1, 0.15) is 23.9 Å². The topological polar surface area (TPSA) is 60.0 Å². The highest BCUT2D eigenvalue weighted by Crippen LogP contribution is 2.29. The van der Waals surface area contributed by atoms with Gasteiger partial charge in [-0.3, -0.25) is 0 Å². The summed E-state index contributed by atoms with van der Waals surface area (Å²) in [5.74, 6) is 2.07. The number of carbonyl (C=O) groups is 1. The van der Waals surface area contributed by atoms with Gasteiger partial charge in [-0.15, -0.1) is 0 Å². The van der Waals surface area contributed by atoms with Gasteiger partial charge in [0.25, 0.3) is 0 Å². The van der Waals surface area contributed by atoms with Crippen LogP contribution in [0.5, 0.6) is 17.2 Å². The number of likely N-dealkylation sites (N-methyl/N-ethyl adjacent to an activating group) is 1. The highest BCUT2D eigenvalue weighted by atomic mass is 35.5. The smallest absolute Gasteiger partial charge is 0.317 e. The molecule has 2 amide bonds. The lowest BCUT2D eigenvalue weighted by Gasteiger charge is -2.23. The summed E-state index contributed by atoms with van der Waals surface area (Å²) in [5.41, 5.74) is 0.841. The molecule has 1 atom stereocenters. The van der Waals surface area contributed by atoms with E-state index in [9.17, 15) is 4.79 Å². The Hall–Kier alpha value is -2.60. The Morgan fingerprint density at radius 3 is 2.59 bits per heavy atom. The molecule has 0 aliphatic rings. The van der Waals surface area contributed by atoms with E-state index in [1.54, 1.807) is 38.3 Å². The number of nitrogens with one attached hydrogen (secondary N) is 1. The lowest BCUT2D eigenvalue weighted by Crippen LogP contribution is -2.40. The Kier molecular flexibility index (Phi) is 7.61. The number of halogens is 1. The fourth-order valence-corrected chi connectivity index (χ4v) is 2.69. The number of nitrogens with zero attached hydrogens (tertiary/aromatic N) is 1. The quantitative estimate of drug-likeness (QED) is 0.733. The molecule has 0 radical (unpaired) electrons. The van der Waals surface area contributed by atoms with Crippen molar-refractivity contribution >= 4 is 17.6 Å². The van der Waals surface area contributed by atoms with Crippen molar-refractivity contribution in [3.05, 3.63) is 53.1 Å². The van der Waals surface area contributed by atoms with Crippen molar-refractivity contribution in [2.24, 2.45) is 0 Å². The van der Waals surface area contributed by atoms with Crippen LogP contribution in [0.25, 0.3) is 0 Å². The van der Waals surface area contributed by atoms with Crippen LogP contribution >= 0.6 is 11.6 Å². The second kappa shape index (κ2) is 9.92. The molecule has 1 unspecified atom stereocenters. The second-order valence-corrected chi connectivity index (χ2v) is 6.44. The van der Waals surface area contributed by atoms with Gasteiger partial charge >= 0.3 is 6.03 Å². The molecule has 0 bridgehead atoms. The Morgan fingerprint density at radius 2 is 1.93 bits per heavy atom. The van der Waals surface area contributed by atoms with Gasteiger partial charge in [-0.05, 0) is 43.3 Å². The molecular weight excluding hydrogens is 368 g/mol. The molecule has 2 rings (SSSR count). The molecule has 0 aliphatic carbocycles. The van der Waals surface area contributed by atoms with Crippen LogP contribution in [0.4, 0.5) is 4.79 Å². The maximum Gasteiger partial charge on any atom is 0.317 e. The van der Waals surface area contributed by atoms with E-state index in [1.807, 2.05) is 37.3 Å². The van der Waals surface area contributed by atoms with Crippen molar-refractivity contribution in [3.8, 4) is 17.2 Å². The summed E-state index contributed by atoms with van der Waals surface area (Å²) in [6.07, 6.45) is 0. The SMILES string of the molecule is COc1ccc(OC)c(C(C)NC(=O)N(C)CCOc2cccc(Cl)c2)c1. The summed E-state index contributed by atoms with van der Waals surface area (Å²) in [4.78, 5) is 14.0. The second-order valence-electron chi connectivity index (χ2n) is 6.01. The number of amides is 2. The third-order valence-corrected chi connectivity index (χ3v) is 4.32. The van der Waals surface area contributed by atoms with Crippen LogP contribution in [-0.4, -0.2) is 45.3 Å². The normalized spacial score (nSPS) is 11.4. The number of methoxy groups -OCH3 is 2. The first kappa shape index (κ1) is 20.7. The van der Waals surface area contributed by atoms with Crippen LogP contribution < -0.4 is 19.5 Å². The first-order valence-electron chi connectivity index (χ1n) is 8.56. The Balaban J connectivity index is 1.89. The van der Waals surface area contributed by atoms with E-state index in [0.717, 1.165) is 5.56 Å². The molecular formula is C20H25ClN2O4. The van der Waals surface area contributed by atoms with Crippen molar-refractivity contribution in [1.29, 1.82) is 0 Å². The molecule has 0 fully saturated rings. The van der Waals surface area contributed by atoms with Gasteiger partial charge in [-0.1, -0.05) is 17.7 Å². The molecule has 0 aromatic heterocycles. The molecule has 2 aromatic rings. The minimum absolute atomic E-state index is 0.206. The molecule has 0 saturated heterocycles. The summed E-state index contributed by atoms with van der Waals surface area (Å²) >= 11 is 5.92. The van der Waals surface area contributed by atoms with Crippen LogP contribution in [0.1, 0.15) is 18.5 Å². The first-order valence-corrected chi connectivity index (χ1v) is 8.94. The van der Waals surface area contributed by atoms with Crippen molar-refractivity contribution in [1.82, 2.24) is 10.2 Å². The summed E-state index contributed by atoms with van der Waals surface area (Å²) in [5, 5.41) is 3.57. The monoisotopic (exact) mass is 392 g/mol. The Bertz CT molecular complexity index is 769. The van der Waals surface area contributed by atoms with Gasteiger partial charge in [0.15, 0.2) is 0 Å². The minimum atomic E-state index is -0.251. The van der Waals surface area contributed by atoms with Crippen LogP contribution in [0, 0.1) is 0 Å². The van der Waals surface area contributed by atoms with Crippen LogP contribution in [0.2, 0.25) is 5.02 Å². The number of benzene rings is 2. The van der Waals surface area contributed by atoms with E-state index >= 15 is 0 Å². The lowest BCUT2D eigenvalue weighted by atomic mass is 10.1. The van der Waals surface area contributed by atoms with Gasteiger partial charge in [0.2, 0.25) is 0 Å². The zero-order valence-electron chi connectivity index (χ0n) is 16.0. The standard InChI is InChI=1S/C20H25ClN2O4/c1-14(18-13-16(25-3)8-9-19(18)26-4)22-20(24)23(2)10-11-27-17-7-5-6-15(21)12-17/h5-9,12-14H,10-11H2,1-4H3,(H,22,24). The van der Waals surface area contributed by atoms with Crippen molar-refractivity contribution < 1.29 is 19.0 Å². The molecule has 27 heavy (non-hydrogen) atoms. The average molecular weight is 393 g/mol. The number of hydrogen-bond donors (Lipinski definition) is 1. The molecule has 1 N–H and O–H groups in total. The van der Waals surface area contributed by atoms with E-state index in [2.05, 4.69) is 5.32 Å². The van der Waals surface area contributed by atoms with Crippen LogP contribution in [-0.2, 0) is 0 Å². The maximum atomic E-state index is 12.4. The lowest BCUT2D eigenvalue weighted by molar-refractivity contribution is 0.192. The predicted molar refractivity (Wildman–Crippen MR) is 106 cm³/mol. The molecule has 0 aliphatic heterocycles. The first-order chi connectivity index (χ1) is 12.9. The highest BCUT2D eigenvalue weighted by molar-refractivity contribution is 6.30. The fraction of sp³-hybridized carbons (Fsp3) is 0.350. The number of carbonyl (C=O) groups excluding carboxylic acids is 1. The molecule has 146 valence electrons. The molecule has 7 heteroatoms. The molecule has 0 heterocycles. The van der Waals surface area contributed by atoms with Crippen LogP contribution in [0.15, 0.2) is 42.5 Å². The third-order valence-electron chi connectivity index (χ3n) is 4.08. The molecule has 6 nitrogen and oxygen atoms in total. The van der Waals surface area contributed by atoms with E-state index < -0.39 is 0 Å². The summed E-state index contributed by atoms with van der Waals surface area (Å²) < 4.78 is 16.3. The molecule has 0 saturated carbocycles. The van der Waals surface area contributed by atoms with E-state index in [0.29, 0.717) is 35.4 Å². The largest absolute Gasteiger partial charge is 0.497 e. The predicted octanol–water partition coefficient (Wildman–Crippen LogP) is 4.14. The number of hydrogen-bond acceptors (Lipinski definition) is 4. The van der Waals surface area contributed by atoms with Gasteiger partial charge in [0.05, 0.1) is 26.8 Å². The minimum Gasteiger partial charge on any atom is -0.497 e. The van der Waals surface area contributed by atoms with E-state index in [1.165, 1.54) is 0 Å². The zero-order chi connectivity index (χ0) is 19.8. The maximum absolute atomic E-state index is 12.4. The third kappa shape index (κ3) is 5.96. The average Bonchev–Trinajstić information content (AvgIpc) is 2.67. The molecule has 0 spiro atoms. The molecule has 2 aromatic carbocycles. The van der Waals surface area contributed by atoms with E-state index in [-0.39, 0.29) is 12.1 Å². The van der Waals surface area contributed by atoms with Crippen molar-refractivity contribution in [3.63, 3.8) is 0 Å². The van der Waals surface area contributed by atoms with E-state index in [4.69, 9.17) is 25.8 Å². The number of urea groups is 1. The fourth-order valence-electron chi connectivity index (χ4n) is 2.51. The highest BCUT2D eigenvalue weighted by Gasteiger charge is 2.17. The summed E-state index contributed by atoms with van der Waals surface area (Å²) in [7, 11) is 4.91. The number of rotatable bonds is 8. The number of ether oxygens (including phenoxy) is 3. The Morgan fingerprint density at radius 1 is 1.15 bits per heavy atom. The summed E-state index contributed by atoms with van der Waals surface area (Å²) in [6.45, 7) is 2.69. The summed E-state index contributed by atoms with van der Waals surface area (Å²) in [6, 6.07) is 12.2. The van der Waals surface area contributed by atoms with Crippen molar-refractivity contribution in [2.75, 3.05) is 34.4 Å². The van der Waals surface area contributed by atoms with Crippen molar-refractivity contribution in [2.45, 2.75) is 13.0 Å². The van der Waals surface area contributed by atoms with Gasteiger partial charge in [-0.25, -0.2) is 4.79 Å². The van der Waals surface area contributed by atoms with Gasteiger partial charge in [0, 0.05) is 17.6 Å². The van der Waals surface area contributed by atoms with Gasteiger partial charge in [-0.2, -0.15) is 0 Å². The van der Waals surface area contributed by atoms with Crippen LogP contribution in [0.3, 0.4) is 0 Å². The zero-order valence-corrected chi connectivity index (χ0v) is 16.7. The Labute approximate surface area is 165 Å². The van der Waals surface area contributed by atoms with Gasteiger partial charge < -0.3 is 24.4 Å².